The fraction of sp³-hybridized carbons (Fsp3) is 0.348. The van der Waals surface area contributed by atoms with E-state index in [1.165, 1.54) is 11.3 Å². The Morgan fingerprint density at radius 1 is 1.31 bits per heavy atom. The van der Waals surface area contributed by atoms with Gasteiger partial charge in [0.1, 0.15) is 11.5 Å². The molecular formula is C23H26N8O3S. The first-order valence-electron chi connectivity index (χ1n) is 11.4. The number of rotatable bonds is 9. The molecule has 0 aromatic carbocycles. The molecule has 12 heteroatoms. The number of thiophene rings is 1. The molecule has 0 atom stereocenters. The molecule has 0 spiro atoms. The van der Waals surface area contributed by atoms with E-state index in [4.69, 9.17) is 4.98 Å². The minimum atomic E-state index is -0.561. The number of carbonyl (C=O) groups excluding carboxylic acids is 3. The molecule has 0 bridgehead atoms. The number of anilines is 1. The summed E-state index contributed by atoms with van der Waals surface area (Å²) >= 11 is 1.39. The summed E-state index contributed by atoms with van der Waals surface area (Å²) in [5, 5.41) is 17.6. The van der Waals surface area contributed by atoms with Crippen molar-refractivity contribution in [2.75, 3.05) is 32.5 Å². The summed E-state index contributed by atoms with van der Waals surface area (Å²) in [5.74, 6) is 0.259. The van der Waals surface area contributed by atoms with Gasteiger partial charge in [0.2, 0.25) is 0 Å². The number of nitrogens with one attached hydrogen (secondary N) is 4. The third-order valence-electron chi connectivity index (χ3n) is 5.82. The molecule has 11 nitrogen and oxygen atoms in total. The van der Waals surface area contributed by atoms with Crippen LogP contribution < -0.4 is 21.3 Å². The zero-order valence-corrected chi connectivity index (χ0v) is 20.2. The maximum absolute atomic E-state index is 12.9. The van der Waals surface area contributed by atoms with E-state index in [9.17, 15) is 14.4 Å². The summed E-state index contributed by atoms with van der Waals surface area (Å²) in [6.45, 7) is 1.52. The number of imide groups is 1. The second-order valence-electron chi connectivity index (χ2n) is 8.63. The standard InChI is InChI=1S/C23H26N8O3S/c1-24-6-3-7-30(2)22(33)18-9-14(12-35-18)16-10-19(26-15-4-5-15)31-20(27-16)13(11-25-31)8-17-21(32)29-23(34)28-17/h8-12,15,24,26H,3-7H2,1-2H3,(H2,28,29,32,34)/b17-8-. The van der Waals surface area contributed by atoms with Crippen molar-refractivity contribution < 1.29 is 14.4 Å². The van der Waals surface area contributed by atoms with Gasteiger partial charge in [0, 0.05) is 42.2 Å². The SMILES string of the molecule is CNCCCN(C)C(=O)c1cc(-c2cc(NC3CC3)n3ncc(/C=C4\NC(=O)NC4=O)c3n2)cs1. The van der Waals surface area contributed by atoms with E-state index in [1.807, 2.05) is 31.6 Å². The van der Waals surface area contributed by atoms with E-state index < -0.39 is 11.9 Å². The number of carbonyl (C=O) groups is 3. The van der Waals surface area contributed by atoms with Crippen molar-refractivity contribution in [3.8, 4) is 11.3 Å². The lowest BCUT2D eigenvalue weighted by Gasteiger charge is -2.15. The number of nitrogens with zero attached hydrogens (tertiary/aromatic N) is 4. The first kappa shape index (κ1) is 23.0. The first-order chi connectivity index (χ1) is 16.9. The Hall–Kier alpha value is -3.77. The minimum absolute atomic E-state index is 0.0208. The van der Waals surface area contributed by atoms with Gasteiger partial charge >= 0.3 is 6.03 Å². The number of urea groups is 1. The van der Waals surface area contributed by atoms with Crippen LogP contribution in [0, 0.1) is 0 Å². The Bertz CT molecular complexity index is 1340. The van der Waals surface area contributed by atoms with E-state index in [2.05, 4.69) is 26.4 Å². The average molecular weight is 495 g/mol. The van der Waals surface area contributed by atoms with Crippen LogP contribution in [-0.4, -0.2) is 70.6 Å². The smallest absolute Gasteiger partial charge is 0.326 e. The molecule has 1 aliphatic heterocycles. The Balaban J connectivity index is 1.48. The van der Waals surface area contributed by atoms with E-state index in [0.717, 1.165) is 37.2 Å². The van der Waals surface area contributed by atoms with Crippen LogP contribution in [0.15, 0.2) is 29.4 Å². The van der Waals surface area contributed by atoms with Crippen molar-refractivity contribution in [1.29, 1.82) is 0 Å². The molecule has 2 fully saturated rings. The quantitative estimate of drug-likeness (QED) is 0.203. The Morgan fingerprint density at radius 2 is 2.14 bits per heavy atom. The van der Waals surface area contributed by atoms with Crippen molar-refractivity contribution in [1.82, 2.24) is 35.4 Å². The van der Waals surface area contributed by atoms with E-state index in [0.29, 0.717) is 34.4 Å². The van der Waals surface area contributed by atoms with Crippen LogP contribution in [0.25, 0.3) is 23.0 Å². The maximum Gasteiger partial charge on any atom is 0.326 e. The number of amides is 4. The summed E-state index contributed by atoms with van der Waals surface area (Å²) in [5.41, 5.74) is 2.78. The molecule has 5 rings (SSSR count). The van der Waals surface area contributed by atoms with Gasteiger partial charge in [0.25, 0.3) is 11.8 Å². The molecule has 182 valence electrons. The highest BCUT2D eigenvalue weighted by molar-refractivity contribution is 7.12. The monoisotopic (exact) mass is 494 g/mol. The van der Waals surface area contributed by atoms with Crippen LogP contribution in [0.3, 0.4) is 0 Å². The van der Waals surface area contributed by atoms with Crippen LogP contribution in [0.1, 0.15) is 34.5 Å². The van der Waals surface area contributed by atoms with Crippen LogP contribution in [-0.2, 0) is 4.79 Å². The van der Waals surface area contributed by atoms with Crippen molar-refractivity contribution >= 4 is 46.7 Å². The van der Waals surface area contributed by atoms with Gasteiger partial charge in [-0.15, -0.1) is 11.3 Å². The maximum atomic E-state index is 12.9. The molecule has 3 aromatic heterocycles. The molecule has 2 aliphatic rings. The molecule has 35 heavy (non-hydrogen) atoms. The van der Waals surface area contributed by atoms with Crippen molar-refractivity contribution in [3.63, 3.8) is 0 Å². The normalized spacial score (nSPS) is 16.6. The number of hydrogen-bond acceptors (Lipinski definition) is 8. The molecule has 3 aromatic rings. The summed E-state index contributed by atoms with van der Waals surface area (Å²) in [4.78, 5) is 43.5. The van der Waals surface area contributed by atoms with E-state index in [-0.39, 0.29) is 11.6 Å². The summed E-state index contributed by atoms with van der Waals surface area (Å²) in [6.07, 6.45) is 6.21. The van der Waals surface area contributed by atoms with Gasteiger partial charge in [-0.05, 0) is 45.0 Å². The largest absolute Gasteiger partial charge is 0.367 e. The Kier molecular flexibility index (Phi) is 6.22. The highest BCUT2D eigenvalue weighted by Gasteiger charge is 2.26. The first-order valence-corrected chi connectivity index (χ1v) is 12.3. The van der Waals surface area contributed by atoms with Crippen LogP contribution in [0.2, 0.25) is 0 Å². The third-order valence-corrected chi connectivity index (χ3v) is 6.74. The van der Waals surface area contributed by atoms with Crippen molar-refractivity contribution in [2.24, 2.45) is 0 Å². The Labute approximate surface area is 205 Å². The van der Waals surface area contributed by atoms with Gasteiger partial charge in [-0.1, -0.05) is 0 Å². The lowest BCUT2D eigenvalue weighted by Crippen LogP contribution is -2.28. The van der Waals surface area contributed by atoms with Crippen molar-refractivity contribution in [3.05, 3.63) is 39.8 Å². The fourth-order valence-electron chi connectivity index (χ4n) is 3.77. The number of aromatic nitrogens is 3. The zero-order chi connectivity index (χ0) is 24.5. The average Bonchev–Trinajstić information content (AvgIpc) is 3.22. The molecule has 0 unspecified atom stereocenters. The lowest BCUT2D eigenvalue weighted by atomic mass is 10.2. The molecule has 1 saturated carbocycles. The summed E-state index contributed by atoms with van der Waals surface area (Å²) < 4.78 is 1.69. The van der Waals surface area contributed by atoms with Gasteiger partial charge < -0.3 is 20.9 Å². The molecule has 4 amide bonds. The molecule has 4 N–H and O–H groups in total. The molecule has 0 radical (unpaired) electrons. The van der Waals surface area contributed by atoms with E-state index >= 15 is 0 Å². The molecule has 4 heterocycles. The minimum Gasteiger partial charge on any atom is -0.367 e. The molecule has 1 saturated heterocycles. The van der Waals surface area contributed by atoms with Gasteiger partial charge in [-0.2, -0.15) is 9.61 Å². The second kappa shape index (κ2) is 9.47. The van der Waals surface area contributed by atoms with Crippen LogP contribution in [0.4, 0.5) is 10.6 Å². The second-order valence-corrected chi connectivity index (χ2v) is 9.54. The number of hydrogen-bond donors (Lipinski definition) is 4. The predicted molar refractivity (Wildman–Crippen MR) is 133 cm³/mol. The number of fused-ring (bicyclic) bond motifs is 1. The van der Waals surface area contributed by atoms with E-state index in [1.54, 1.807) is 21.7 Å². The topological polar surface area (TPSA) is 133 Å². The highest BCUT2D eigenvalue weighted by atomic mass is 32.1. The molecular weight excluding hydrogens is 468 g/mol. The fourth-order valence-corrected chi connectivity index (χ4v) is 4.67. The van der Waals surface area contributed by atoms with Gasteiger partial charge in [0.15, 0.2) is 5.65 Å². The van der Waals surface area contributed by atoms with Crippen LogP contribution in [0.5, 0.6) is 0 Å². The van der Waals surface area contributed by atoms with Crippen molar-refractivity contribution in [2.45, 2.75) is 25.3 Å². The predicted octanol–water partition coefficient (Wildman–Crippen LogP) is 1.89. The zero-order valence-electron chi connectivity index (χ0n) is 19.4. The van der Waals surface area contributed by atoms with Gasteiger partial charge in [0.05, 0.1) is 16.8 Å². The van der Waals surface area contributed by atoms with Gasteiger partial charge in [-0.3, -0.25) is 14.9 Å². The summed E-state index contributed by atoms with van der Waals surface area (Å²) in [7, 11) is 3.70. The lowest BCUT2D eigenvalue weighted by molar-refractivity contribution is -0.115. The van der Waals surface area contributed by atoms with Gasteiger partial charge in [-0.25, -0.2) is 9.78 Å². The summed E-state index contributed by atoms with van der Waals surface area (Å²) in [6, 6.07) is 3.60. The highest BCUT2D eigenvalue weighted by Crippen LogP contribution is 2.31. The third kappa shape index (κ3) is 4.88. The molecule has 1 aliphatic carbocycles. The Morgan fingerprint density at radius 3 is 2.86 bits per heavy atom. The van der Waals surface area contributed by atoms with Crippen LogP contribution >= 0.6 is 11.3 Å².